The van der Waals surface area contributed by atoms with E-state index in [9.17, 15) is 4.79 Å². The molecule has 0 bridgehead atoms. The van der Waals surface area contributed by atoms with E-state index in [1.54, 1.807) is 18.5 Å². The second-order valence-corrected chi connectivity index (χ2v) is 6.70. The van der Waals surface area contributed by atoms with Crippen molar-refractivity contribution in [3.63, 3.8) is 0 Å². The summed E-state index contributed by atoms with van der Waals surface area (Å²) in [4.78, 5) is 23.3. The van der Waals surface area contributed by atoms with Crippen molar-refractivity contribution in [2.24, 2.45) is 13.0 Å². The third-order valence-corrected chi connectivity index (χ3v) is 5.23. The van der Waals surface area contributed by atoms with Gasteiger partial charge in [0.05, 0.1) is 18.8 Å². The van der Waals surface area contributed by atoms with Gasteiger partial charge in [0.15, 0.2) is 0 Å². The molecule has 2 aromatic heterocycles. The van der Waals surface area contributed by atoms with Gasteiger partial charge in [0.1, 0.15) is 5.69 Å². The Morgan fingerprint density at radius 2 is 2.16 bits per heavy atom. The van der Waals surface area contributed by atoms with Gasteiger partial charge >= 0.3 is 0 Å². The van der Waals surface area contributed by atoms with Gasteiger partial charge in [-0.3, -0.25) is 4.79 Å². The number of fused-ring (bicyclic) bond motifs is 1. The normalized spacial score (nSPS) is 25.6. The number of morpholine rings is 1. The second kappa shape index (κ2) is 6.84. The molecule has 4 rings (SSSR count). The first-order chi connectivity index (χ1) is 12.2. The smallest absolute Gasteiger partial charge is 0.270 e. The van der Waals surface area contributed by atoms with E-state index in [-0.39, 0.29) is 18.1 Å². The minimum atomic E-state index is 0.0779. The average molecular weight is 341 g/mol. The van der Waals surface area contributed by atoms with Gasteiger partial charge < -0.3 is 19.5 Å². The largest absolute Gasteiger partial charge is 0.374 e. The molecular formula is C18H23N5O2. The summed E-state index contributed by atoms with van der Waals surface area (Å²) in [5, 5.41) is 3.29. The molecule has 1 saturated carbocycles. The molecule has 7 heteroatoms. The van der Waals surface area contributed by atoms with E-state index in [1.807, 2.05) is 34.8 Å². The van der Waals surface area contributed by atoms with Crippen molar-refractivity contribution in [1.29, 1.82) is 0 Å². The summed E-state index contributed by atoms with van der Waals surface area (Å²) >= 11 is 0. The van der Waals surface area contributed by atoms with Gasteiger partial charge in [-0.15, -0.1) is 0 Å². The molecule has 1 aliphatic heterocycles. The molecule has 3 heterocycles. The molecule has 1 saturated heterocycles. The lowest BCUT2D eigenvalue weighted by atomic mass is 10.0. The van der Waals surface area contributed by atoms with Crippen molar-refractivity contribution >= 4 is 11.9 Å². The zero-order valence-corrected chi connectivity index (χ0v) is 14.3. The molecule has 2 fully saturated rings. The number of hydrogen-bond donors (Lipinski definition) is 1. The number of nitrogens with one attached hydrogen (secondary N) is 1. The number of amides is 1. The van der Waals surface area contributed by atoms with Crippen LogP contribution in [0.15, 0.2) is 36.8 Å². The summed E-state index contributed by atoms with van der Waals surface area (Å²) < 4.78 is 7.93. The first-order valence-corrected chi connectivity index (χ1v) is 8.79. The first kappa shape index (κ1) is 16.1. The molecule has 0 radical (unpaired) electrons. The van der Waals surface area contributed by atoms with Crippen molar-refractivity contribution in [3.05, 3.63) is 42.5 Å². The zero-order chi connectivity index (χ0) is 17.2. The van der Waals surface area contributed by atoms with Gasteiger partial charge in [0, 0.05) is 44.6 Å². The van der Waals surface area contributed by atoms with Crippen molar-refractivity contribution in [3.8, 4) is 0 Å². The van der Waals surface area contributed by atoms with Gasteiger partial charge in [-0.1, -0.05) is 0 Å². The van der Waals surface area contributed by atoms with Crippen molar-refractivity contribution in [2.45, 2.75) is 25.0 Å². The van der Waals surface area contributed by atoms with Gasteiger partial charge in [-0.25, -0.2) is 9.97 Å². The first-order valence-electron chi connectivity index (χ1n) is 8.79. The lowest BCUT2D eigenvalue weighted by Gasteiger charge is -2.39. The van der Waals surface area contributed by atoms with Crippen LogP contribution in [0.4, 0.5) is 5.95 Å². The Balaban J connectivity index is 1.43. The maximum Gasteiger partial charge on any atom is 0.270 e. The molecule has 1 aliphatic carbocycles. The van der Waals surface area contributed by atoms with E-state index in [2.05, 4.69) is 15.3 Å². The van der Waals surface area contributed by atoms with E-state index in [4.69, 9.17) is 4.74 Å². The van der Waals surface area contributed by atoms with Crippen LogP contribution in [-0.2, 0) is 11.8 Å². The molecule has 2 aliphatic rings. The molecule has 0 spiro atoms. The highest BCUT2D eigenvalue weighted by Gasteiger charge is 2.44. The summed E-state index contributed by atoms with van der Waals surface area (Å²) in [5.41, 5.74) is 0.736. The van der Waals surface area contributed by atoms with Crippen LogP contribution < -0.4 is 5.32 Å². The monoisotopic (exact) mass is 341 g/mol. The molecule has 132 valence electrons. The van der Waals surface area contributed by atoms with E-state index in [0.717, 1.165) is 25.1 Å². The van der Waals surface area contributed by atoms with Crippen molar-refractivity contribution < 1.29 is 9.53 Å². The molecular weight excluding hydrogens is 318 g/mol. The topological polar surface area (TPSA) is 72.3 Å². The third kappa shape index (κ3) is 3.11. The van der Waals surface area contributed by atoms with Crippen LogP contribution >= 0.6 is 0 Å². The minimum Gasteiger partial charge on any atom is -0.374 e. The van der Waals surface area contributed by atoms with Crippen molar-refractivity contribution in [1.82, 2.24) is 19.4 Å². The summed E-state index contributed by atoms with van der Waals surface area (Å²) in [6.07, 6.45) is 7.45. The Hall–Kier alpha value is -2.41. The molecule has 3 atom stereocenters. The molecule has 2 aromatic rings. The number of anilines is 1. The van der Waals surface area contributed by atoms with Crippen LogP contribution in [0.2, 0.25) is 0 Å². The number of nitrogens with zero attached hydrogens (tertiary/aromatic N) is 4. The third-order valence-electron chi connectivity index (χ3n) is 5.23. The molecule has 1 amide bonds. The van der Waals surface area contributed by atoms with Crippen LogP contribution in [0, 0.1) is 5.92 Å². The van der Waals surface area contributed by atoms with Crippen LogP contribution in [-0.4, -0.2) is 57.2 Å². The van der Waals surface area contributed by atoms with E-state index < -0.39 is 0 Å². The van der Waals surface area contributed by atoms with E-state index in [1.165, 1.54) is 0 Å². The maximum absolute atomic E-state index is 12.9. The Kier molecular flexibility index (Phi) is 4.40. The lowest BCUT2D eigenvalue weighted by Crippen LogP contribution is -2.53. The Labute approximate surface area is 147 Å². The predicted octanol–water partition coefficient (Wildman–Crippen LogP) is 1.55. The average Bonchev–Trinajstić information content (AvgIpc) is 3.26. The highest BCUT2D eigenvalue weighted by molar-refractivity contribution is 5.93. The number of carbonyl (C=O) groups excluding carboxylic acids is 1. The Morgan fingerprint density at radius 3 is 2.92 bits per heavy atom. The van der Waals surface area contributed by atoms with Crippen LogP contribution in [0.5, 0.6) is 0 Å². The summed E-state index contributed by atoms with van der Waals surface area (Å²) in [6.45, 7) is 2.01. The Bertz CT molecular complexity index is 732. The SMILES string of the molecule is Cn1cccc1C(=O)N1CCO[C@H]2C(CNc3ncccn3)CC[C@@H]21. The van der Waals surface area contributed by atoms with E-state index >= 15 is 0 Å². The molecule has 0 aromatic carbocycles. The zero-order valence-electron chi connectivity index (χ0n) is 14.3. The number of hydrogen-bond acceptors (Lipinski definition) is 5. The second-order valence-electron chi connectivity index (χ2n) is 6.70. The molecule has 7 nitrogen and oxygen atoms in total. The molecule has 1 unspecified atom stereocenters. The summed E-state index contributed by atoms with van der Waals surface area (Å²) in [7, 11) is 1.91. The van der Waals surface area contributed by atoms with Gasteiger partial charge in [0.2, 0.25) is 5.95 Å². The summed E-state index contributed by atoms with van der Waals surface area (Å²) in [6, 6.07) is 5.74. The predicted molar refractivity (Wildman–Crippen MR) is 93.2 cm³/mol. The fourth-order valence-electron chi connectivity index (χ4n) is 3.97. The van der Waals surface area contributed by atoms with Gasteiger partial charge in [0.25, 0.3) is 5.91 Å². The van der Waals surface area contributed by atoms with E-state index in [0.29, 0.717) is 25.0 Å². The highest BCUT2D eigenvalue weighted by Crippen LogP contribution is 2.35. The molecule has 25 heavy (non-hydrogen) atoms. The number of carbonyl (C=O) groups is 1. The lowest BCUT2D eigenvalue weighted by molar-refractivity contribution is -0.0604. The summed E-state index contributed by atoms with van der Waals surface area (Å²) in [5.74, 6) is 1.10. The standard InChI is InChI=1S/C18H23N5O2/c1-22-9-2-4-15(22)17(24)23-10-11-25-16-13(5-6-14(16)23)12-21-18-19-7-3-8-20-18/h2-4,7-9,13-14,16H,5-6,10-12H2,1H3,(H,19,20,21)/t13?,14-,16-/m0/s1. The molecule has 1 N–H and O–H groups in total. The number of aryl methyl sites for hydroxylation is 1. The van der Waals surface area contributed by atoms with Crippen LogP contribution in [0.25, 0.3) is 0 Å². The maximum atomic E-state index is 12.9. The number of rotatable bonds is 4. The Morgan fingerprint density at radius 1 is 1.32 bits per heavy atom. The highest BCUT2D eigenvalue weighted by atomic mass is 16.5. The van der Waals surface area contributed by atoms with Gasteiger partial charge in [-0.05, 0) is 31.0 Å². The number of aromatic nitrogens is 3. The quantitative estimate of drug-likeness (QED) is 0.913. The van der Waals surface area contributed by atoms with Crippen molar-refractivity contribution in [2.75, 3.05) is 25.0 Å². The van der Waals surface area contributed by atoms with Crippen LogP contribution in [0.3, 0.4) is 0 Å². The number of ether oxygens (including phenoxy) is 1. The fraction of sp³-hybridized carbons (Fsp3) is 0.500. The minimum absolute atomic E-state index is 0.0779. The van der Waals surface area contributed by atoms with Crippen LogP contribution in [0.1, 0.15) is 23.3 Å². The van der Waals surface area contributed by atoms with Gasteiger partial charge in [-0.2, -0.15) is 0 Å². The fourth-order valence-corrected chi connectivity index (χ4v) is 3.97.